The second-order valence-electron chi connectivity index (χ2n) is 6.34. The number of likely N-dealkylation sites (tertiary alicyclic amines) is 1. The number of hydrogen-bond donors (Lipinski definition) is 2. The number of carbonyl (C=O) groups is 2. The number of benzene rings is 2. The van der Waals surface area contributed by atoms with E-state index in [1.54, 1.807) is 0 Å². The summed E-state index contributed by atoms with van der Waals surface area (Å²) in [5, 5.41) is 5.93. The minimum Gasteiger partial charge on any atom is -0.376 e. The number of amides is 2. The zero-order valence-electron chi connectivity index (χ0n) is 14.5. The monoisotopic (exact) mass is 463 g/mol. The maximum atomic E-state index is 12.4. The fraction of sp³-hybridized carbons (Fsp3) is 0.300. The van der Waals surface area contributed by atoms with Crippen molar-refractivity contribution in [1.29, 1.82) is 0 Å². The number of rotatable bonds is 5. The lowest BCUT2D eigenvalue weighted by Crippen LogP contribution is -2.35. The van der Waals surface area contributed by atoms with Crippen molar-refractivity contribution in [2.75, 3.05) is 30.3 Å². The van der Waals surface area contributed by atoms with Crippen molar-refractivity contribution in [3.8, 4) is 0 Å². The molecule has 2 aromatic carbocycles. The van der Waals surface area contributed by atoms with E-state index in [-0.39, 0.29) is 18.4 Å². The first-order valence-corrected chi connectivity index (χ1v) is 9.88. The second kappa shape index (κ2) is 9.02. The highest BCUT2D eigenvalue weighted by atomic mass is 127. The van der Waals surface area contributed by atoms with Crippen molar-refractivity contribution >= 4 is 45.8 Å². The number of hydrogen-bond acceptors (Lipinski definition) is 3. The molecule has 5 nitrogen and oxygen atoms in total. The van der Waals surface area contributed by atoms with Crippen LogP contribution in [0.15, 0.2) is 48.5 Å². The van der Waals surface area contributed by atoms with E-state index in [4.69, 9.17) is 0 Å². The first kappa shape index (κ1) is 18.7. The number of nitrogens with zero attached hydrogens (tertiary/aromatic N) is 1. The summed E-state index contributed by atoms with van der Waals surface area (Å²) >= 11 is 2.22. The number of nitrogens with one attached hydrogen (secondary N) is 2. The van der Waals surface area contributed by atoms with Crippen LogP contribution in [0.25, 0.3) is 0 Å². The molecule has 2 amide bonds. The molecule has 1 fully saturated rings. The summed E-state index contributed by atoms with van der Waals surface area (Å²) in [6, 6.07) is 15.0. The molecule has 1 saturated heterocycles. The predicted octanol–water partition coefficient (Wildman–Crippen LogP) is 3.97. The Labute approximate surface area is 167 Å². The van der Waals surface area contributed by atoms with Gasteiger partial charge < -0.3 is 15.5 Å². The van der Waals surface area contributed by atoms with Crippen LogP contribution in [-0.2, 0) is 4.79 Å². The Hall–Kier alpha value is -2.09. The minimum atomic E-state index is -0.111. The molecule has 1 aliphatic rings. The van der Waals surface area contributed by atoms with E-state index in [0.717, 1.165) is 40.9 Å². The van der Waals surface area contributed by atoms with Gasteiger partial charge in [0.15, 0.2) is 0 Å². The molecule has 0 spiro atoms. The summed E-state index contributed by atoms with van der Waals surface area (Å²) in [6.07, 6.45) is 3.37. The van der Waals surface area contributed by atoms with Crippen molar-refractivity contribution in [2.45, 2.75) is 19.3 Å². The quantitative estimate of drug-likeness (QED) is 0.660. The van der Waals surface area contributed by atoms with Crippen LogP contribution in [0, 0.1) is 3.57 Å². The van der Waals surface area contributed by atoms with E-state index in [0.29, 0.717) is 5.56 Å². The van der Waals surface area contributed by atoms with Crippen LogP contribution >= 0.6 is 22.6 Å². The lowest BCUT2D eigenvalue weighted by atomic mass is 10.1. The molecule has 0 unspecified atom stereocenters. The number of anilines is 2. The molecular weight excluding hydrogens is 441 g/mol. The van der Waals surface area contributed by atoms with Crippen molar-refractivity contribution in [1.82, 2.24) is 4.90 Å². The predicted molar refractivity (Wildman–Crippen MR) is 112 cm³/mol. The summed E-state index contributed by atoms with van der Waals surface area (Å²) in [5.41, 5.74) is 2.29. The molecular formula is C20H22IN3O2. The van der Waals surface area contributed by atoms with E-state index >= 15 is 0 Å². The Balaban J connectivity index is 1.50. The zero-order valence-corrected chi connectivity index (χ0v) is 16.7. The topological polar surface area (TPSA) is 61.4 Å². The second-order valence-corrected chi connectivity index (χ2v) is 7.58. The fourth-order valence-electron chi connectivity index (χ4n) is 2.93. The normalized spacial score (nSPS) is 14.0. The first-order chi connectivity index (χ1) is 12.6. The van der Waals surface area contributed by atoms with Crippen LogP contribution in [0.3, 0.4) is 0 Å². The average molecular weight is 463 g/mol. The van der Waals surface area contributed by atoms with Gasteiger partial charge in [-0.05, 0) is 90.4 Å². The summed E-state index contributed by atoms with van der Waals surface area (Å²) in [4.78, 5) is 26.4. The molecule has 0 saturated carbocycles. The third kappa shape index (κ3) is 5.20. The lowest BCUT2D eigenvalue weighted by molar-refractivity contribution is -0.114. The highest BCUT2D eigenvalue weighted by molar-refractivity contribution is 14.1. The van der Waals surface area contributed by atoms with E-state index in [1.807, 2.05) is 53.4 Å². The lowest BCUT2D eigenvalue weighted by Gasteiger charge is -2.26. The van der Waals surface area contributed by atoms with Crippen LogP contribution in [0.1, 0.15) is 29.6 Å². The Kier molecular flexibility index (Phi) is 6.49. The molecule has 3 rings (SSSR count). The van der Waals surface area contributed by atoms with E-state index in [1.165, 1.54) is 6.42 Å². The molecule has 26 heavy (non-hydrogen) atoms. The highest BCUT2D eigenvalue weighted by Gasteiger charge is 2.17. The van der Waals surface area contributed by atoms with E-state index < -0.39 is 0 Å². The van der Waals surface area contributed by atoms with Crippen molar-refractivity contribution < 1.29 is 9.59 Å². The van der Waals surface area contributed by atoms with Gasteiger partial charge in [0.05, 0.1) is 6.54 Å². The molecule has 2 N–H and O–H groups in total. The molecule has 1 aliphatic heterocycles. The third-order valence-corrected chi connectivity index (χ3v) is 5.08. The Bertz CT molecular complexity index is 754. The van der Waals surface area contributed by atoms with Crippen LogP contribution < -0.4 is 10.6 Å². The maximum absolute atomic E-state index is 12.4. The van der Waals surface area contributed by atoms with Crippen molar-refractivity contribution in [3.63, 3.8) is 0 Å². The van der Waals surface area contributed by atoms with Gasteiger partial charge >= 0.3 is 0 Å². The van der Waals surface area contributed by atoms with Gasteiger partial charge in [-0.25, -0.2) is 0 Å². The molecule has 0 aromatic heterocycles. The highest BCUT2D eigenvalue weighted by Crippen LogP contribution is 2.16. The standard InChI is InChI=1S/C20H22IN3O2/c21-16-6-10-18(11-7-16)23-19(25)14-22-17-8-4-15(5-9-17)20(26)24-12-2-1-3-13-24/h4-11,22H,1-3,12-14H2,(H,23,25). The largest absolute Gasteiger partial charge is 0.376 e. The van der Waals surface area contributed by atoms with Crippen molar-refractivity contribution in [2.24, 2.45) is 0 Å². The molecule has 0 atom stereocenters. The SMILES string of the molecule is O=C(CNc1ccc(C(=O)N2CCCCC2)cc1)Nc1ccc(I)cc1. The van der Waals surface area contributed by atoms with Crippen LogP contribution in [0.4, 0.5) is 11.4 Å². The van der Waals surface area contributed by atoms with Gasteiger partial charge in [0, 0.05) is 33.6 Å². The fourth-order valence-corrected chi connectivity index (χ4v) is 3.29. The van der Waals surface area contributed by atoms with Gasteiger partial charge in [0.2, 0.25) is 5.91 Å². The summed E-state index contributed by atoms with van der Waals surface area (Å²) < 4.78 is 1.12. The summed E-state index contributed by atoms with van der Waals surface area (Å²) in [7, 11) is 0. The maximum Gasteiger partial charge on any atom is 0.253 e. The third-order valence-electron chi connectivity index (χ3n) is 4.36. The molecule has 0 radical (unpaired) electrons. The molecule has 0 bridgehead atoms. The number of halogens is 1. The van der Waals surface area contributed by atoms with Gasteiger partial charge in [-0.3, -0.25) is 9.59 Å². The molecule has 2 aromatic rings. The Morgan fingerprint density at radius 3 is 2.15 bits per heavy atom. The van der Waals surface area contributed by atoms with Gasteiger partial charge in [0.25, 0.3) is 5.91 Å². The Morgan fingerprint density at radius 2 is 1.50 bits per heavy atom. The van der Waals surface area contributed by atoms with Gasteiger partial charge in [-0.15, -0.1) is 0 Å². The summed E-state index contributed by atoms with van der Waals surface area (Å²) in [5.74, 6) is -0.0209. The minimum absolute atomic E-state index is 0.0905. The average Bonchev–Trinajstić information content (AvgIpc) is 2.69. The number of carbonyl (C=O) groups excluding carboxylic acids is 2. The summed E-state index contributed by atoms with van der Waals surface area (Å²) in [6.45, 7) is 1.86. The number of piperidine rings is 1. The van der Waals surface area contributed by atoms with Gasteiger partial charge in [-0.2, -0.15) is 0 Å². The molecule has 136 valence electrons. The first-order valence-electron chi connectivity index (χ1n) is 8.80. The van der Waals surface area contributed by atoms with Gasteiger partial charge in [-0.1, -0.05) is 0 Å². The zero-order chi connectivity index (χ0) is 18.4. The van der Waals surface area contributed by atoms with Gasteiger partial charge in [0.1, 0.15) is 0 Å². The molecule has 1 heterocycles. The smallest absolute Gasteiger partial charge is 0.253 e. The van der Waals surface area contributed by atoms with E-state index in [9.17, 15) is 9.59 Å². The van der Waals surface area contributed by atoms with E-state index in [2.05, 4.69) is 33.2 Å². The Morgan fingerprint density at radius 1 is 0.885 bits per heavy atom. The van der Waals surface area contributed by atoms with Crippen LogP contribution in [0.2, 0.25) is 0 Å². The van der Waals surface area contributed by atoms with Crippen LogP contribution in [0.5, 0.6) is 0 Å². The molecule has 6 heteroatoms. The molecule has 0 aliphatic carbocycles. The van der Waals surface area contributed by atoms with Crippen molar-refractivity contribution in [3.05, 3.63) is 57.7 Å². The van der Waals surface area contributed by atoms with Crippen LogP contribution in [-0.4, -0.2) is 36.3 Å².